The van der Waals surface area contributed by atoms with Crippen LogP contribution < -0.4 is 10.7 Å². The number of hydrogen-bond acceptors (Lipinski definition) is 5. The Morgan fingerprint density at radius 3 is 2.46 bits per heavy atom. The fraction of sp³-hybridized carbons (Fsp3) is 0.0625. The van der Waals surface area contributed by atoms with E-state index in [-0.39, 0.29) is 17.8 Å². The molecule has 26 heavy (non-hydrogen) atoms. The first-order valence-corrected chi connectivity index (χ1v) is 7.92. The second-order valence-electron chi connectivity index (χ2n) is 4.95. The number of nitrogens with one attached hydrogen (secondary N) is 2. The summed E-state index contributed by atoms with van der Waals surface area (Å²) in [7, 11) is 0. The van der Waals surface area contributed by atoms with Crippen molar-refractivity contribution in [2.75, 3.05) is 6.54 Å². The molecular formula is C16H12Cl2N4O4. The summed E-state index contributed by atoms with van der Waals surface area (Å²) in [5.41, 5.74) is 2.86. The summed E-state index contributed by atoms with van der Waals surface area (Å²) >= 11 is 11.7. The van der Waals surface area contributed by atoms with Crippen molar-refractivity contribution in [3.63, 3.8) is 0 Å². The summed E-state index contributed by atoms with van der Waals surface area (Å²) in [6, 6.07) is 9.80. The Hall–Kier alpha value is -2.97. The molecule has 0 unspecified atom stereocenters. The van der Waals surface area contributed by atoms with Gasteiger partial charge in [-0.1, -0.05) is 29.3 Å². The standard InChI is InChI=1S/C16H12Cl2N4O4/c17-12-4-1-11(14(18)7-12)8-20-21-15(23)9-19-16(24)10-2-5-13(6-3-10)22(25)26/h1-8H,9H2,(H,19,24)(H,21,23)/b20-8-. The Labute approximate surface area is 157 Å². The van der Waals surface area contributed by atoms with E-state index in [0.717, 1.165) is 0 Å². The molecule has 0 saturated heterocycles. The highest BCUT2D eigenvalue weighted by molar-refractivity contribution is 6.36. The summed E-state index contributed by atoms with van der Waals surface area (Å²) in [5, 5.41) is 17.5. The molecule has 134 valence electrons. The number of rotatable bonds is 6. The van der Waals surface area contributed by atoms with Crippen LogP contribution in [0.2, 0.25) is 10.0 Å². The predicted octanol–water partition coefficient (Wildman–Crippen LogP) is 2.78. The van der Waals surface area contributed by atoms with Gasteiger partial charge in [-0.2, -0.15) is 5.10 Å². The number of nitro groups is 1. The Bertz CT molecular complexity index is 869. The molecule has 0 aliphatic carbocycles. The maximum atomic E-state index is 11.9. The molecule has 0 radical (unpaired) electrons. The van der Waals surface area contributed by atoms with Crippen molar-refractivity contribution in [1.82, 2.24) is 10.7 Å². The van der Waals surface area contributed by atoms with E-state index in [1.807, 2.05) is 0 Å². The van der Waals surface area contributed by atoms with Crippen LogP contribution >= 0.6 is 23.2 Å². The summed E-state index contributed by atoms with van der Waals surface area (Å²) in [4.78, 5) is 33.5. The van der Waals surface area contributed by atoms with Crippen molar-refractivity contribution in [1.29, 1.82) is 0 Å². The lowest BCUT2D eigenvalue weighted by Gasteiger charge is -2.04. The van der Waals surface area contributed by atoms with Crippen LogP contribution in [0.15, 0.2) is 47.6 Å². The zero-order valence-corrected chi connectivity index (χ0v) is 14.6. The second-order valence-corrected chi connectivity index (χ2v) is 5.79. The van der Waals surface area contributed by atoms with Crippen molar-refractivity contribution < 1.29 is 14.5 Å². The second kappa shape index (κ2) is 8.93. The van der Waals surface area contributed by atoms with Crippen molar-refractivity contribution in [2.24, 2.45) is 5.10 Å². The first-order valence-electron chi connectivity index (χ1n) is 7.16. The molecule has 2 amide bonds. The maximum Gasteiger partial charge on any atom is 0.269 e. The van der Waals surface area contributed by atoms with Gasteiger partial charge >= 0.3 is 0 Å². The Balaban J connectivity index is 1.83. The van der Waals surface area contributed by atoms with E-state index in [4.69, 9.17) is 23.2 Å². The van der Waals surface area contributed by atoms with Gasteiger partial charge in [0.25, 0.3) is 17.5 Å². The maximum absolute atomic E-state index is 11.9. The van der Waals surface area contributed by atoms with Crippen LogP contribution in [0.4, 0.5) is 5.69 Å². The van der Waals surface area contributed by atoms with Crippen molar-refractivity contribution in [3.8, 4) is 0 Å². The fourth-order valence-electron chi connectivity index (χ4n) is 1.82. The molecule has 8 nitrogen and oxygen atoms in total. The van der Waals surface area contributed by atoms with E-state index < -0.39 is 16.7 Å². The molecular weight excluding hydrogens is 383 g/mol. The normalized spacial score (nSPS) is 10.5. The number of hydrogen-bond donors (Lipinski definition) is 2. The van der Waals surface area contributed by atoms with E-state index in [2.05, 4.69) is 15.8 Å². The number of nitrogens with zero attached hydrogens (tertiary/aromatic N) is 2. The monoisotopic (exact) mass is 394 g/mol. The molecule has 0 bridgehead atoms. The summed E-state index contributed by atoms with van der Waals surface area (Å²) in [6.45, 7) is -0.318. The van der Waals surface area contributed by atoms with Gasteiger partial charge in [-0.05, 0) is 24.3 Å². The molecule has 2 rings (SSSR count). The van der Waals surface area contributed by atoms with E-state index in [1.54, 1.807) is 12.1 Å². The number of carbonyl (C=O) groups is 2. The molecule has 0 aliphatic rings. The third-order valence-corrected chi connectivity index (χ3v) is 3.67. The van der Waals surface area contributed by atoms with Gasteiger partial charge < -0.3 is 5.32 Å². The van der Waals surface area contributed by atoms with Gasteiger partial charge in [0.15, 0.2) is 0 Å². The first kappa shape index (κ1) is 19.4. The summed E-state index contributed by atoms with van der Waals surface area (Å²) in [5.74, 6) is -1.10. The predicted molar refractivity (Wildman–Crippen MR) is 97.6 cm³/mol. The third-order valence-electron chi connectivity index (χ3n) is 3.11. The Morgan fingerprint density at radius 1 is 1.15 bits per heavy atom. The summed E-state index contributed by atoms with van der Waals surface area (Å²) in [6.07, 6.45) is 1.34. The molecule has 0 aromatic heterocycles. The third kappa shape index (κ3) is 5.54. The molecule has 10 heteroatoms. The van der Waals surface area contributed by atoms with Crippen molar-refractivity contribution >= 4 is 46.9 Å². The van der Waals surface area contributed by atoms with Gasteiger partial charge in [0, 0.05) is 28.3 Å². The van der Waals surface area contributed by atoms with Crippen LogP contribution in [0.5, 0.6) is 0 Å². The van der Waals surface area contributed by atoms with Crippen LogP contribution in [-0.2, 0) is 4.79 Å². The molecule has 0 saturated carbocycles. The van der Waals surface area contributed by atoms with Crippen LogP contribution in [0.1, 0.15) is 15.9 Å². The Kier molecular flexibility index (Phi) is 6.65. The number of carbonyl (C=O) groups excluding carboxylic acids is 2. The van der Waals surface area contributed by atoms with Crippen LogP contribution in [-0.4, -0.2) is 29.5 Å². The van der Waals surface area contributed by atoms with Crippen LogP contribution in [0, 0.1) is 10.1 Å². The lowest BCUT2D eigenvalue weighted by molar-refractivity contribution is -0.384. The van der Waals surface area contributed by atoms with E-state index in [9.17, 15) is 19.7 Å². The van der Waals surface area contributed by atoms with Gasteiger partial charge in [0.1, 0.15) is 0 Å². The van der Waals surface area contributed by atoms with E-state index in [1.165, 1.54) is 36.5 Å². The minimum absolute atomic E-state index is 0.130. The number of benzene rings is 2. The molecule has 0 atom stereocenters. The van der Waals surface area contributed by atoms with Crippen LogP contribution in [0.25, 0.3) is 0 Å². The lowest BCUT2D eigenvalue weighted by Crippen LogP contribution is -2.34. The smallest absolute Gasteiger partial charge is 0.269 e. The van der Waals surface area contributed by atoms with Crippen molar-refractivity contribution in [3.05, 3.63) is 73.8 Å². The number of amides is 2. The number of halogens is 2. The SMILES string of the molecule is O=C(CNC(=O)c1ccc([N+](=O)[O-])cc1)N/N=C\c1ccc(Cl)cc1Cl. The highest BCUT2D eigenvalue weighted by Gasteiger charge is 2.10. The van der Waals surface area contributed by atoms with Gasteiger partial charge in [0.05, 0.1) is 22.7 Å². The molecule has 2 aromatic carbocycles. The zero-order valence-electron chi connectivity index (χ0n) is 13.1. The largest absolute Gasteiger partial charge is 0.343 e. The molecule has 0 spiro atoms. The molecule has 2 N–H and O–H groups in total. The van der Waals surface area contributed by atoms with Gasteiger partial charge in [-0.15, -0.1) is 0 Å². The van der Waals surface area contributed by atoms with Crippen LogP contribution in [0.3, 0.4) is 0 Å². The van der Waals surface area contributed by atoms with Gasteiger partial charge in [-0.3, -0.25) is 19.7 Å². The number of non-ortho nitro benzene ring substituents is 1. The quantitative estimate of drug-likeness (QED) is 0.445. The van der Waals surface area contributed by atoms with E-state index >= 15 is 0 Å². The summed E-state index contributed by atoms with van der Waals surface area (Å²) < 4.78 is 0. The topological polar surface area (TPSA) is 114 Å². The number of hydrazone groups is 1. The molecule has 0 heterocycles. The van der Waals surface area contributed by atoms with E-state index in [0.29, 0.717) is 15.6 Å². The molecule has 0 aliphatic heterocycles. The van der Waals surface area contributed by atoms with Gasteiger partial charge in [-0.25, -0.2) is 5.43 Å². The lowest BCUT2D eigenvalue weighted by atomic mass is 10.2. The Morgan fingerprint density at radius 2 is 1.85 bits per heavy atom. The average molecular weight is 395 g/mol. The van der Waals surface area contributed by atoms with Crippen molar-refractivity contribution in [2.45, 2.75) is 0 Å². The molecule has 2 aromatic rings. The fourth-order valence-corrected chi connectivity index (χ4v) is 2.27. The highest BCUT2D eigenvalue weighted by atomic mass is 35.5. The minimum Gasteiger partial charge on any atom is -0.343 e. The minimum atomic E-state index is -0.569. The van der Waals surface area contributed by atoms with Gasteiger partial charge in [0.2, 0.25) is 0 Å². The average Bonchev–Trinajstić information content (AvgIpc) is 2.61. The number of nitro benzene ring substituents is 1. The highest BCUT2D eigenvalue weighted by Crippen LogP contribution is 2.19. The zero-order chi connectivity index (χ0) is 19.1. The molecule has 0 fully saturated rings. The first-order chi connectivity index (χ1) is 12.4.